The number of hydrogen-bond donors (Lipinski definition) is 7. The van der Waals surface area contributed by atoms with Gasteiger partial charge in [0.15, 0.2) is 57.1 Å². The monoisotopic (exact) mass is 1570 g/mol. The fraction of sp³-hybridized carbons (Fsp3) is 0.470. The first-order valence-corrected chi connectivity index (χ1v) is 40.5. The van der Waals surface area contributed by atoms with Crippen LogP contribution in [0.1, 0.15) is 164 Å². The van der Waals surface area contributed by atoms with E-state index < -0.39 is 99.4 Å². The van der Waals surface area contributed by atoms with Crippen molar-refractivity contribution in [3.05, 3.63) is 150 Å². The van der Waals surface area contributed by atoms with Crippen molar-refractivity contribution in [2.45, 2.75) is 163 Å². The number of fused-ring (bicyclic) bond motifs is 16. The van der Waals surface area contributed by atoms with E-state index in [1.807, 2.05) is 96.1 Å². The number of carbonyl (C=O) groups is 4. The van der Waals surface area contributed by atoms with Crippen LogP contribution >= 0.6 is 23.5 Å². The molecule has 16 aliphatic rings. The number of piperazine rings is 2. The van der Waals surface area contributed by atoms with Crippen molar-refractivity contribution in [1.29, 1.82) is 0 Å². The van der Waals surface area contributed by atoms with Gasteiger partial charge in [0.25, 0.3) is 6.29 Å². The molecule has 2 aromatic heterocycles. The Balaban J connectivity index is 0.722. The second-order valence-corrected chi connectivity index (χ2v) is 34.3. The lowest BCUT2D eigenvalue weighted by atomic mass is 9.78. The molecule has 0 radical (unpaired) electrons. The number of likely N-dealkylation sites (N-methyl/N-ethyl adjacent to an activating group) is 2. The molecule has 8 aromatic rings. The standard InChI is InChI=1S/C83H87N7O20S2/c1-11-87-30-80(97)25-42-21-35(3)65(99-9)63(93)53(42)59(87)61-73-57-55(71-69(103-34-104-71)37(5)67(57)105-39(7)91)49(89(61)80)28-101-78(95)82(32-111-73)75-46(19-20-85-82)47-23-41(17-18-52(47)108-75)77-109-70-38(6)68(106-40(8)92)58-56(72(70)110-77)50-29-102-79(96)83(76-48(24-44(27-84)86-83)45-15-13-14-16-51(45)107-76)33-112-74(58)62-60-54-43(22-36(4)66(100-10)64(54)94)26-81(98,90(50)62)31-88(60)12-2/h13-18,21-23,44,49-50,59-62,73-74,77,85-86,93-94,97-98H,11-12,19-20,24-34,84H2,1-10H3/t44-,49+,50+,59+,60+,61-,62-,73-,74-,77?,80?,81?,82-,83-/m1/s1. The predicted molar refractivity (Wildman–Crippen MR) is 407 cm³/mol. The average molecular weight is 1570 g/mol. The summed E-state index contributed by atoms with van der Waals surface area (Å²) in [7, 11) is 3.05. The normalized spacial score (nSPS) is 31.5. The average Bonchev–Trinajstić information content (AvgIpc) is 1.35. The van der Waals surface area contributed by atoms with Crippen LogP contribution in [-0.2, 0) is 65.4 Å². The molecule has 16 atom stereocenters. The molecule has 2 spiro atoms. The Morgan fingerprint density at radius 1 is 0.625 bits per heavy atom. The molecule has 5 unspecified atom stereocenters. The van der Waals surface area contributed by atoms with Crippen LogP contribution in [0.4, 0.5) is 0 Å². The maximum atomic E-state index is 16.0. The fourth-order valence-electron chi connectivity index (χ4n) is 21.7. The topological polar surface area (TPSA) is 331 Å². The SMILES string of the molecule is CCN1CC2(O)Cc3cc(C)c(OC)c(O)c3[C@H]1[C@@H]1[C@@H]3SC[C@]4(NCCc5c4oc4ccc(C6Oc7c(C)c(OC(C)=O)c8c(c7O6)[C@@H]6COC(=O)[C@]7(CS[C@H]8[C@H]8[C@@H]9c%10c(cc(C)c(OC)c%10O)CC(O)(CN9CC)N86)N[C@@H](CN)Cc6c7oc7ccccc67)cc54)C(=O)OC[C@@H](c4c5c(c(C)c(OC(C)=O)c43)OCO5)N12. The zero-order valence-electron chi connectivity index (χ0n) is 63.6. The predicted octanol–water partition coefficient (Wildman–Crippen LogP) is 9.06. The first-order valence-electron chi connectivity index (χ1n) is 38.4. The molecule has 8 bridgehead atoms. The van der Waals surface area contributed by atoms with E-state index in [-0.39, 0.29) is 105 Å². The van der Waals surface area contributed by atoms with E-state index in [0.717, 1.165) is 27.6 Å². The highest BCUT2D eigenvalue weighted by Crippen LogP contribution is 2.69. The number of methoxy groups -OCH3 is 2. The second-order valence-electron chi connectivity index (χ2n) is 32.0. The number of aryl methyl sites for hydroxylation is 2. The van der Waals surface area contributed by atoms with Crippen LogP contribution in [0.2, 0.25) is 0 Å². The molecule has 0 aliphatic carbocycles. The van der Waals surface area contributed by atoms with Gasteiger partial charge in [-0.2, -0.15) is 0 Å². The van der Waals surface area contributed by atoms with Crippen molar-refractivity contribution in [3.8, 4) is 57.5 Å². The molecule has 112 heavy (non-hydrogen) atoms. The molecule has 18 heterocycles. The number of phenolic OH excluding ortho intramolecular Hbond substituents is 2. The minimum absolute atomic E-state index is 0.00405. The Hall–Kier alpha value is -8.98. The Kier molecular flexibility index (Phi) is 16.4. The summed E-state index contributed by atoms with van der Waals surface area (Å²) in [6.07, 6.45) is -0.145. The van der Waals surface area contributed by atoms with Crippen molar-refractivity contribution < 1.29 is 95.8 Å². The van der Waals surface area contributed by atoms with Crippen molar-refractivity contribution in [3.63, 3.8) is 0 Å². The van der Waals surface area contributed by atoms with Gasteiger partial charge in [-0.3, -0.25) is 39.8 Å². The molecule has 8 N–H and O–H groups in total. The third kappa shape index (κ3) is 9.81. The van der Waals surface area contributed by atoms with Gasteiger partial charge in [-0.15, -0.1) is 23.5 Å². The van der Waals surface area contributed by atoms with E-state index in [2.05, 4.69) is 30.2 Å². The largest absolute Gasteiger partial charge is 0.504 e. The molecular weight excluding hydrogens is 1480 g/mol. The number of nitrogens with zero attached hydrogens (tertiary/aromatic N) is 4. The summed E-state index contributed by atoms with van der Waals surface area (Å²) in [4.78, 5) is 67.9. The van der Waals surface area contributed by atoms with E-state index in [0.29, 0.717) is 145 Å². The number of phenols is 2. The lowest BCUT2D eigenvalue weighted by Gasteiger charge is -2.61. The number of hydrogen-bond acceptors (Lipinski definition) is 29. The number of para-hydroxylation sites is 1. The molecule has 6 aromatic carbocycles. The second kappa shape index (κ2) is 25.5. The number of esters is 4. The zero-order chi connectivity index (χ0) is 77.6. The summed E-state index contributed by atoms with van der Waals surface area (Å²) in [5.74, 6) is 0.642. The molecule has 27 nitrogen and oxygen atoms in total. The number of aromatic hydroxyl groups is 2. The van der Waals surface area contributed by atoms with Crippen molar-refractivity contribution in [2.24, 2.45) is 5.73 Å². The lowest BCUT2D eigenvalue weighted by Crippen LogP contribution is -2.70. The van der Waals surface area contributed by atoms with Gasteiger partial charge in [0, 0.05) is 154 Å². The van der Waals surface area contributed by atoms with Gasteiger partial charge in [-0.25, -0.2) is 9.59 Å². The zero-order valence-corrected chi connectivity index (χ0v) is 65.2. The van der Waals surface area contributed by atoms with Crippen molar-refractivity contribution in [1.82, 2.24) is 30.2 Å². The number of thioether (sulfide) groups is 2. The molecule has 24 rings (SSSR count). The van der Waals surface area contributed by atoms with Crippen LogP contribution in [0.3, 0.4) is 0 Å². The Morgan fingerprint density at radius 3 is 1.72 bits per heavy atom. The number of ether oxygens (including phenoxy) is 10. The minimum atomic E-state index is -1.71. The smallest absolute Gasteiger partial charge is 0.335 e. The molecule has 4 saturated heterocycles. The lowest BCUT2D eigenvalue weighted by molar-refractivity contribution is -0.218. The quantitative estimate of drug-likeness (QED) is 0.0551. The summed E-state index contributed by atoms with van der Waals surface area (Å²) < 4.78 is 79.5. The van der Waals surface area contributed by atoms with Crippen molar-refractivity contribution >= 4 is 69.3 Å². The van der Waals surface area contributed by atoms with Crippen LogP contribution in [0.15, 0.2) is 63.4 Å². The van der Waals surface area contributed by atoms with Gasteiger partial charge in [0.2, 0.25) is 6.79 Å². The third-order valence-electron chi connectivity index (χ3n) is 26.0. The summed E-state index contributed by atoms with van der Waals surface area (Å²) >= 11 is 2.85. The van der Waals surface area contributed by atoms with Crippen LogP contribution in [0, 0.1) is 27.7 Å². The molecule has 29 heteroatoms. The number of furan rings is 2. The number of rotatable bonds is 8. The molecule has 4 fully saturated rings. The molecular formula is C83H87N7O20S2. The highest BCUT2D eigenvalue weighted by atomic mass is 32.2. The Bertz CT molecular complexity index is 5460. The van der Waals surface area contributed by atoms with E-state index in [9.17, 15) is 30.0 Å². The van der Waals surface area contributed by atoms with Gasteiger partial charge in [0.1, 0.15) is 58.8 Å². The van der Waals surface area contributed by atoms with E-state index >= 15 is 9.59 Å². The van der Waals surface area contributed by atoms with Crippen LogP contribution in [0.25, 0.3) is 21.9 Å². The Labute approximate surface area is 652 Å². The molecule has 586 valence electrons. The summed E-state index contributed by atoms with van der Waals surface area (Å²) in [5.41, 5.74) is 10.4. The molecule has 0 saturated carbocycles. The number of aliphatic hydroxyl groups is 2. The third-order valence-corrected chi connectivity index (χ3v) is 28.9. The number of carbonyl (C=O) groups excluding carboxylic acids is 4. The van der Waals surface area contributed by atoms with Gasteiger partial charge < -0.3 is 82.4 Å². The number of nitrogens with two attached hydrogens (primary N) is 1. The van der Waals surface area contributed by atoms with Crippen molar-refractivity contribution in [2.75, 3.05) is 85.0 Å². The maximum Gasteiger partial charge on any atom is 0.335 e. The summed E-state index contributed by atoms with van der Waals surface area (Å²) in [6.45, 7) is 15.0. The van der Waals surface area contributed by atoms with Gasteiger partial charge >= 0.3 is 23.9 Å². The van der Waals surface area contributed by atoms with Gasteiger partial charge in [-0.1, -0.05) is 44.2 Å². The van der Waals surface area contributed by atoms with Gasteiger partial charge in [0.05, 0.1) is 48.9 Å². The summed E-state index contributed by atoms with van der Waals surface area (Å²) in [5, 5.41) is 60.4. The molecule has 0 amide bonds. The fourth-order valence-corrected chi connectivity index (χ4v) is 25.0. The van der Waals surface area contributed by atoms with E-state index in [1.165, 1.54) is 51.6 Å². The number of benzene rings is 6. The highest BCUT2D eigenvalue weighted by Gasteiger charge is 2.68. The highest BCUT2D eigenvalue weighted by molar-refractivity contribution is 7.99. The first-order chi connectivity index (χ1) is 53.9. The Morgan fingerprint density at radius 2 is 1.15 bits per heavy atom. The first kappa shape index (κ1) is 72.0. The number of nitrogens with one attached hydrogen (secondary N) is 2. The van der Waals surface area contributed by atoms with E-state index in [1.54, 1.807) is 0 Å². The van der Waals surface area contributed by atoms with E-state index in [4.69, 9.17) is 61.9 Å². The van der Waals surface area contributed by atoms with Crippen LogP contribution in [0.5, 0.6) is 57.5 Å². The van der Waals surface area contributed by atoms with Gasteiger partial charge in [-0.05, 0) is 100 Å². The minimum Gasteiger partial charge on any atom is -0.504 e. The summed E-state index contributed by atoms with van der Waals surface area (Å²) in [6, 6.07) is 12.2. The van der Waals surface area contributed by atoms with Crippen LogP contribution in [-0.4, -0.2) is 178 Å². The van der Waals surface area contributed by atoms with Crippen LogP contribution < -0.4 is 54.3 Å². The molecule has 16 aliphatic heterocycles. The maximum absolute atomic E-state index is 16.0.